The van der Waals surface area contributed by atoms with E-state index in [1.165, 1.54) is 22.4 Å². The Hall–Kier alpha value is -6.53. The smallest absolute Gasteiger partial charge is 0.257 e. The Balaban J connectivity index is 0.759. The summed E-state index contributed by atoms with van der Waals surface area (Å²) in [6.45, 7) is 4.44. The molecule has 2 aliphatic rings. The van der Waals surface area contributed by atoms with Crippen molar-refractivity contribution in [2.75, 3.05) is 56.8 Å². The third kappa shape index (κ3) is 11.0. The summed E-state index contributed by atoms with van der Waals surface area (Å²) in [4.78, 5) is 81.7. The van der Waals surface area contributed by atoms with Gasteiger partial charge in [0, 0.05) is 65.4 Å². The Bertz CT molecular complexity index is 2470. The maximum absolute atomic E-state index is 13.5. The maximum atomic E-state index is 13.5. The highest BCUT2D eigenvalue weighted by Gasteiger charge is 2.39. The summed E-state index contributed by atoms with van der Waals surface area (Å²) < 4.78 is 17.7. The third-order valence-corrected chi connectivity index (χ3v) is 11.3. The second kappa shape index (κ2) is 20.8. The van der Waals surface area contributed by atoms with Crippen LogP contribution >= 0.6 is 11.3 Å². The Morgan fingerprint density at radius 2 is 1.61 bits per heavy atom. The molecule has 7 rings (SSSR count). The van der Waals surface area contributed by atoms with E-state index in [9.17, 15) is 28.8 Å². The molecule has 0 aliphatic carbocycles. The van der Waals surface area contributed by atoms with Gasteiger partial charge in [0.15, 0.2) is 5.82 Å². The van der Waals surface area contributed by atoms with Crippen molar-refractivity contribution < 1.29 is 43.0 Å². The number of pyridine rings is 1. The molecule has 3 aromatic carbocycles. The molecule has 16 nitrogen and oxygen atoms in total. The Kier molecular flexibility index (Phi) is 14.6. The molecule has 0 spiro atoms. The summed E-state index contributed by atoms with van der Waals surface area (Å²) in [6, 6.07) is 21.6. The highest BCUT2D eigenvalue weighted by molar-refractivity contribution is 7.17. The summed E-state index contributed by atoms with van der Waals surface area (Å²) in [5.74, 6) is -1.50. The fourth-order valence-corrected chi connectivity index (χ4v) is 7.98. The largest absolute Gasteiger partial charge is 0.379 e. The van der Waals surface area contributed by atoms with Gasteiger partial charge in [-0.25, -0.2) is 4.98 Å². The summed E-state index contributed by atoms with van der Waals surface area (Å²) >= 11 is 1.49. The van der Waals surface area contributed by atoms with Gasteiger partial charge in [-0.3, -0.25) is 34.1 Å². The van der Waals surface area contributed by atoms with Crippen LogP contribution in [0.4, 0.5) is 17.2 Å². The van der Waals surface area contributed by atoms with Crippen LogP contribution in [0.5, 0.6) is 0 Å². The van der Waals surface area contributed by atoms with Crippen LogP contribution in [0.15, 0.2) is 84.4 Å². The fourth-order valence-electron chi connectivity index (χ4n) is 7.04. The molecule has 0 radical (unpaired) electrons. The highest BCUT2D eigenvalue weighted by Crippen LogP contribution is 2.31. The van der Waals surface area contributed by atoms with Crippen molar-refractivity contribution in [3.8, 4) is 0 Å². The lowest BCUT2D eigenvalue weighted by molar-refractivity contribution is -0.137. The van der Waals surface area contributed by atoms with Gasteiger partial charge in [0.25, 0.3) is 17.7 Å². The number of imide groups is 1. The van der Waals surface area contributed by atoms with Gasteiger partial charge in [0.05, 0.1) is 56.5 Å². The molecule has 322 valence electrons. The minimum atomic E-state index is -0.678. The lowest BCUT2D eigenvalue weighted by Gasteiger charge is -2.29. The number of nitrogens with one attached hydrogen (secondary N) is 5. The summed E-state index contributed by atoms with van der Waals surface area (Å²) in [5.41, 5.74) is 5.08. The zero-order valence-electron chi connectivity index (χ0n) is 34.1. The van der Waals surface area contributed by atoms with Gasteiger partial charge in [-0.05, 0) is 54.3 Å². The van der Waals surface area contributed by atoms with Crippen molar-refractivity contribution in [1.82, 2.24) is 25.8 Å². The van der Waals surface area contributed by atoms with E-state index in [0.29, 0.717) is 55.5 Å². The van der Waals surface area contributed by atoms with Crippen molar-refractivity contribution in [2.24, 2.45) is 0 Å². The zero-order chi connectivity index (χ0) is 43.4. The molecule has 6 amide bonds. The topological polar surface area (TPSA) is 206 Å². The molecule has 4 heterocycles. The number of hydrogen-bond acceptors (Lipinski definition) is 12. The van der Waals surface area contributed by atoms with Gasteiger partial charge >= 0.3 is 0 Å². The number of carbonyl (C=O) groups is 6. The van der Waals surface area contributed by atoms with Gasteiger partial charge in [-0.1, -0.05) is 48.5 Å². The fraction of sp³-hybridized carbons (Fsp3) is 0.311. The average molecular weight is 862 g/mol. The lowest BCUT2D eigenvalue weighted by Crippen LogP contribution is -2.52. The summed E-state index contributed by atoms with van der Waals surface area (Å²) in [5, 5.41) is 16.9. The molecule has 1 saturated heterocycles. The molecule has 62 heavy (non-hydrogen) atoms. The quantitative estimate of drug-likeness (QED) is 0.0529. The summed E-state index contributed by atoms with van der Waals surface area (Å²) in [6.07, 6.45) is 2.11. The van der Waals surface area contributed by atoms with E-state index in [4.69, 9.17) is 14.2 Å². The molecule has 0 bridgehead atoms. The van der Waals surface area contributed by atoms with Crippen LogP contribution in [0.2, 0.25) is 0 Å². The van der Waals surface area contributed by atoms with Crippen LogP contribution < -0.4 is 26.6 Å². The molecule has 0 saturated carbocycles. The van der Waals surface area contributed by atoms with E-state index in [0.717, 1.165) is 32.5 Å². The predicted molar refractivity (Wildman–Crippen MR) is 232 cm³/mol. The number of carbonyl (C=O) groups excluding carboxylic acids is 6. The van der Waals surface area contributed by atoms with Crippen LogP contribution in [0.25, 0.3) is 10.1 Å². The number of piperidine rings is 1. The monoisotopic (exact) mass is 861 g/mol. The first kappa shape index (κ1) is 43.6. The van der Waals surface area contributed by atoms with Crippen LogP contribution in [-0.4, -0.2) is 97.6 Å². The number of fused-ring (bicyclic) bond motifs is 2. The normalized spacial score (nSPS) is 14.7. The molecule has 2 aromatic heterocycles. The number of thiophene rings is 1. The Morgan fingerprint density at radius 3 is 2.42 bits per heavy atom. The number of aryl methyl sites for hydroxylation is 1. The molecule has 2 aliphatic heterocycles. The first-order valence-electron chi connectivity index (χ1n) is 20.3. The predicted octanol–water partition coefficient (Wildman–Crippen LogP) is 4.85. The molecule has 1 atom stereocenters. The van der Waals surface area contributed by atoms with Crippen LogP contribution in [-0.2, 0) is 41.7 Å². The first-order valence-corrected chi connectivity index (χ1v) is 21.2. The number of aromatic nitrogens is 1. The van der Waals surface area contributed by atoms with Gasteiger partial charge in [0.2, 0.25) is 17.7 Å². The average Bonchev–Trinajstić information content (AvgIpc) is 3.85. The number of benzene rings is 3. The standard InChI is InChI=1S/C45H47N7O9S/c1-28-6-2-4-8-35(28)49-41-36(50-43(56)34-27-62-38-9-5-3-7-33(34)38)23-30(25-48-41)42(55)46-15-17-60-19-21-61-20-18-59-16-14-39(53)47-24-29-10-11-32-31(22-29)26-52(45(32)58)37-12-13-40(54)51-44(37)57/h2-11,22-23,25,27,37H,12-21,24,26H2,1H3,(H,46,55)(H,47,53)(H,48,49)(H,50,56)(H,51,54,57). The first-order chi connectivity index (χ1) is 30.1. The highest BCUT2D eigenvalue weighted by atomic mass is 32.1. The summed E-state index contributed by atoms with van der Waals surface area (Å²) in [7, 11) is 0. The van der Waals surface area contributed by atoms with Crippen LogP contribution in [0.3, 0.4) is 0 Å². The third-order valence-electron chi connectivity index (χ3n) is 10.3. The van der Waals surface area contributed by atoms with Crippen LogP contribution in [0.1, 0.15) is 67.0 Å². The Morgan fingerprint density at radius 1 is 0.855 bits per heavy atom. The van der Waals surface area contributed by atoms with Gasteiger partial charge in [-0.2, -0.15) is 0 Å². The van der Waals surface area contributed by atoms with Crippen molar-refractivity contribution in [3.05, 3.63) is 118 Å². The number of ether oxygens (including phenoxy) is 3. The number of anilines is 3. The SMILES string of the molecule is Cc1ccccc1Nc1ncc(C(=O)NCCOCCOCCOCCC(=O)NCc2ccc3c(c2)CN(C2CCC(=O)NC2=O)C3=O)cc1NC(=O)c1csc2ccccc12. The van der Waals surface area contributed by atoms with Crippen molar-refractivity contribution in [2.45, 2.75) is 45.3 Å². The van der Waals surface area contributed by atoms with E-state index in [-0.39, 0.29) is 80.8 Å². The molecule has 1 fully saturated rings. The molecular weight excluding hydrogens is 815 g/mol. The minimum Gasteiger partial charge on any atom is -0.379 e. The minimum absolute atomic E-state index is 0.161. The zero-order valence-corrected chi connectivity index (χ0v) is 34.9. The molecule has 1 unspecified atom stereocenters. The van der Waals surface area contributed by atoms with E-state index >= 15 is 0 Å². The van der Waals surface area contributed by atoms with Crippen molar-refractivity contribution >= 4 is 74.1 Å². The van der Waals surface area contributed by atoms with E-state index in [1.54, 1.807) is 18.2 Å². The number of para-hydroxylation sites is 1. The van der Waals surface area contributed by atoms with Crippen molar-refractivity contribution in [1.29, 1.82) is 0 Å². The van der Waals surface area contributed by atoms with Crippen LogP contribution in [0, 0.1) is 6.92 Å². The van der Waals surface area contributed by atoms with E-state index in [2.05, 4.69) is 31.6 Å². The maximum Gasteiger partial charge on any atom is 0.257 e. The van der Waals surface area contributed by atoms with Gasteiger partial charge in [-0.15, -0.1) is 11.3 Å². The molecule has 17 heteroatoms. The number of amides is 6. The Labute approximate surface area is 361 Å². The van der Waals surface area contributed by atoms with Gasteiger partial charge in [0.1, 0.15) is 6.04 Å². The molecule has 5 N–H and O–H groups in total. The second-order valence-corrected chi connectivity index (χ2v) is 15.6. The lowest BCUT2D eigenvalue weighted by atomic mass is 10.0. The van der Waals surface area contributed by atoms with E-state index < -0.39 is 11.9 Å². The number of rotatable bonds is 20. The molecular formula is C45H47N7O9S. The molecule has 5 aromatic rings. The number of nitrogens with zero attached hydrogens (tertiary/aromatic N) is 2. The van der Waals surface area contributed by atoms with E-state index in [1.807, 2.05) is 66.9 Å². The van der Waals surface area contributed by atoms with Gasteiger partial charge < -0.3 is 40.4 Å². The van der Waals surface area contributed by atoms with Crippen molar-refractivity contribution in [3.63, 3.8) is 0 Å². The number of hydrogen-bond donors (Lipinski definition) is 5. The second-order valence-electron chi connectivity index (χ2n) is 14.7.